The first-order valence-electron chi connectivity index (χ1n) is 12.8. The minimum absolute atomic E-state index is 0.0800. The molecule has 2 aliphatic rings. The van der Waals surface area contributed by atoms with Crippen LogP contribution in [0.3, 0.4) is 0 Å². The van der Waals surface area contributed by atoms with E-state index < -0.39 is 5.92 Å². The summed E-state index contributed by atoms with van der Waals surface area (Å²) in [5, 5.41) is 4.07. The monoisotopic (exact) mass is 521 g/mol. The molecule has 0 bridgehead atoms. The molecule has 0 radical (unpaired) electrons. The molecule has 5 nitrogen and oxygen atoms in total. The number of ether oxygens (including phenoxy) is 2. The smallest absolute Gasteiger partial charge is 0.336 e. The van der Waals surface area contributed by atoms with Crippen LogP contribution in [-0.2, 0) is 20.9 Å². The topological polar surface area (TPSA) is 64.6 Å². The van der Waals surface area contributed by atoms with Gasteiger partial charge in [-0.25, -0.2) is 4.79 Å². The zero-order chi connectivity index (χ0) is 27.1. The number of nitrogens with one attached hydrogen (secondary N) is 1. The fourth-order valence-corrected chi connectivity index (χ4v) is 5.93. The highest BCUT2D eigenvalue weighted by atomic mass is 35.5. The van der Waals surface area contributed by atoms with Crippen LogP contribution < -0.4 is 10.1 Å². The Morgan fingerprint density at radius 1 is 1.08 bits per heavy atom. The molecule has 1 unspecified atom stereocenters. The predicted octanol–water partition coefficient (Wildman–Crippen LogP) is 7.01. The van der Waals surface area contributed by atoms with Crippen molar-refractivity contribution in [2.24, 2.45) is 5.41 Å². The molecular weight excluding hydrogens is 486 g/mol. The molecule has 1 aliphatic heterocycles. The molecule has 0 spiro atoms. The van der Waals surface area contributed by atoms with Gasteiger partial charge in [0, 0.05) is 34.3 Å². The molecule has 196 valence electrons. The average Bonchev–Trinajstić information content (AvgIpc) is 2.78. The largest absolute Gasteiger partial charge is 0.489 e. The van der Waals surface area contributed by atoms with Gasteiger partial charge in [-0.3, -0.25) is 4.79 Å². The number of hydrogen-bond acceptors (Lipinski definition) is 5. The molecule has 0 saturated carbocycles. The van der Waals surface area contributed by atoms with E-state index >= 15 is 0 Å². The van der Waals surface area contributed by atoms with Crippen molar-refractivity contribution in [3.8, 4) is 5.75 Å². The van der Waals surface area contributed by atoms with Crippen LogP contribution in [0.4, 0.5) is 0 Å². The van der Waals surface area contributed by atoms with E-state index in [2.05, 4.69) is 46.0 Å². The first kappa shape index (κ1) is 27.0. The summed E-state index contributed by atoms with van der Waals surface area (Å²) in [5.41, 5.74) is 7.89. The highest BCUT2D eigenvalue weighted by Crippen LogP contribution is 2.48. The summed E-state index contributed by atoms with van der Waals surface area (Å²) in [5.74, 6) is -0.0741. The van der Waals surface area contributed by atoms with Gasteiger partial charge in [-0.15, -0.1) is 0 Å². The van der Waals surface area contributed by atoms with Crippen molar-refractivity contribution < 1.29 is 19.1 Å². The Kier molecular flexibility index (Phi) is 7.57. The van der Waals surface area contributed by atoms with Crippen LogP contribution in [0.5, 0.6) is 5.75 Å². The number of benzene rings is 2. The van der Waals surface area contributed by atoms with E-state index in [1.807, 2.05) is 19.1 Å². The standard InChI is InChI=1S/C31H36ClNO4/c1-8-36-30(35)27-20(5)33-24-14-31(6,7)15-25(34)28(24)29(27)26-18(3)13-17(2)23(19(26)4)16-37-22-11-9-21(32)10-12-22/h9-13,29,33H,8,14-16H2,1-7H3. The number of carbonyl (C=O) groups excluding carboxylic acids is 2. The van der Waals surface area contributed by atoms with Crippen molar-refractivity contribution in [2.75, 3.05) is 6.61 Å². The van der Waals surface area contributed by atoms with Gasteiger partial charge in [0.15, 0.2) is 5.78 Å². The molecule has 1 heterocycles. The van der Waals surface area contributed by atoms with Crippen molar-refractivity contribution in [3.05, 3.63) is 85.7 Å². The van der Waals surface area contributed by atoms with E-state index in [1.54, 1.807) is 19.1 Å². The Morgan fingerprint density at radius 2 is 1.76 bits per heavy atom. The number of hydrogen-bond donors (Lipinski definition) is 1. The first-order chi connectivity index (χ1) is 17.4. The van der Waals surface area contributed by atoms with E-state index in [0.717, 1.165) is 51.4 Å². The van der Waals surface area contributed by atoms with Crippen LogP contribution in [0.25, 0.3) is 0 Å². The maximum atomic E-state index is 13.7. The number of dihydropyridines is 1. The van der Waals surface area contributed by atoms with Crippen LogP contribution in [0.2, 0.25) is 5.02 Å². The van der Waals surface area contributed by atoms with Gasteiger partial charge in [-0.1, -0.05) is 31.5 Å². The van der Waals surface area contributed by atoms with E-state index in [-0.39, 0.29) is 23.8 Å². The van der Waals surface area contributed by atoms with E-state index in [0.29, 0.717) is 29.2 Å². The Labute approximate surface area is 224 Å². The number of ketones is 1. The first-order valence-corrected chi connectivity index (χ1v) is 13.2. The molecule has 0 saturated heterocycles. The van der Waals surface area contributed by atoms with Crippen LogP contribution in [0.15, 0.2) is 52.9 Å². The Bertz CT molecular complexity index is 1320. The third-order valence-corrected chi connectivity index (χ3v) is 7.66. The molecule has 2 aromatic rings. The molecule has 37 heavy (non-hydrogen) atoms. The van der Waals surface area contributed by atoms with Crippen molar-refractivity contribution in [1.82, 2.24) is 5.32 Å². The molecule has 1 aliphatic carbocycles. The summed E-state index contributed by atoms with van der Waals surface area (Å²) in [6, 6.07) is 9.42. The number of esters is 1. The Morgan fingerprint density at radius 3 is 2.41 bits per heavy atom. The lowest BCUT2D eigenvalue weighted by Crippen LogP contribution is -2.39. The second-order valence-electron chi connectivity index (χ2n) is 10.9. The summed E-state index contributed by atoms with van der Waals surface area (Å²) >= 11 is 6.03. The Balaban J connectivity index is 1.86. The molecule has 0 aromatic heterocycles. The lowest BCUT2D eigenvalue weighted by molar-refractivity contribution is -0.138. The van der Waals surface area contributed by atoms with Gasteiger partial charge >= 0.3 is 5.97 Å². The third kappa shape index (κ3) is 5.33. The minimum atomic E-state index is -0.492. The quantitative estimate of drug-likeness (QED) is 0.414. The maximum absolute atomic E-state index is 13.7. The lowest BCUT2D eigenvalue weighted by atomic mass is 9.67. The van der Waals surface area contributed by atoms with Gasteiger partial charge in [0.2, 0.25) is 0 Å². The van der Waals surface area contributed by atoms with Crippen LogP contribution in [0.1, 0.15) is 74.3 Å². The predicted molar refractivity (Wildman–Crippen MR) is 147 cm³/mol. The SMILES string of the molecule is CCOC(=O)C1=C(C)NC2=C(C(=O)CC(C)(C)C2)C1c1c(C)cc(C)c(COc2ccc(Cl)cc2)c1C. The van der Waals surface area contributed by atoms with Gasteiger partial charge < -0.3 is 14.8 Å². The summed E-state index contributed by atoms with van der Waals surface area (Å²) in [4.78, 5) is 27.0. The fraction of sp³-hybridized carbons (Fsp3) is 0.419. The highest BCUT2D eigenvalue weighted by molar-refractivity contribution is 6.30. The lowest BCUT2D eigenvalue weighted by Gasteiger charge is -2.40. The summed E-state index contributed by atoms with van der Waals surface area (Å²) in [6.45, 7) is 14.7. The zero-order valence-corrected chi connectivity index (χ0v) is 23.6. The number of halogens is 1. The van der Waals surface area contributed by atoms with E-state index in [4.69, 9.17) is 21.1 Å². The fourth-order valence-electron chi connectivity index (χ4n) is 5.80. The molecule has 0 amide bonds. The zero-order valence-electron chi connectivity index (χ0n) is 22.8. The van der Waals surface area contributed by atoms with Crippen LogP contribution >= 0.6 is 11.6 Å². The second-order valence-corrected chi connectivity index (χ2v) is 11.4. The summed E-state index contributed by atoms with van der Waals surface area (Å²) < 4.78 is 11.6. The van der Waals surface area contributed by atoms with Crippen LogP contribution in [-0.4, -0.2) is 18.4 Å². The molecule has 1 atom stereocenters. The summed E-state index contributed by atoms with van der Waals surface area (Å²) in [7, 11) is 0. The number of rotatable bonds is 6. The number of Topliss-reactive ketones (excluding diaryl/α,β-unsaturated/α-hetero) is 1. The average molecular weight is 522 g/mol. The number of aryl methyl sites for hydroxylation is 2. The number of carbonyl (C=O) groups is 2. The second kappa shape index (κ2) is 10.4. The molecule has 1 N–H and O–H groups in total. The van der Waals surface area contributed by atoms with Gasteiger partial charge in [-0.2, -0.15) is 0 Å². The van der Waals surface area contributed by atoms with Crippen molar-refractivity contribution in [2.45, 2.75) is 73.8 Å². The third-order valence-electron chi connectivity index (χ3n) is 7.41. The molecule has 4 rings (SSSR count). The number of allylic oxidation sites excluding steroid dienone is 3. The van der Waals surface area contributed by atoms with Crippen molar-refractivity contribution in [3.63, 3.8) is 0 Å². The van der Waals surface area contributed by atoms with E-state index in [1.165, 1.54) is 0 Å². The molecule has 0 fully saturated rings. The maximum Gasteiger partial charge on any atom is 0.336 e. The normalized spacial score (nSPS) is 18.9. The molecule has 2 aromatic carbocycles. The van der Waals surface area contributed by atoms with Gasteiger partial charge in [0.1, 0.15) is 12.4 Å². The molecular formula is C31H36ClNO4. The van der Waals surface area contributed by atoms with Crippen molar-refractivity contribution >= 4 is 23.4 Å². The van der Waals surface area contributed by atoms with Gasteiger partial charge in [0.25, 0.3) is 0 Å². The highest BCUT2D eigenvalue weighted by Gasteiger charge is 2.44. The summed E-state index contributed by atoms with van der Waals surface area (Å²) in [6.07, 6.45) is 1.18. The van der Waals surface area contributed by atoms with Gasteiger partial charge in [-0.05, 0) is 98.5 Å². The van der Waals surface area contributed by atoms with E-state index in [9.17, 15) is 9.59 Å². The minimum Gasteiger partial charge on any atom is -0.489 e. The van der Waals surface area contributed by atoms with Gasteiger partial charge in [0.05, 0.1) is 12.2 Å². The molecule has 6 heteroatoms. The Hall–Kier alpha value is -3.05. The van der Waals surface area contributed by atoms with Crippen LogP contribution in [0, 0.1) is 26.2 Å². The van der Waals surface area contributed by atoms with Crippen molar-refractivity contribution in [1.29, 1.82) is 0 Å².